The molecular weight excluding hydrogens is 259 g/mol. The van der Waals surface area contributed by atoms with E-state index in [2.05, 4.69) is 15.0 Å². The van der Waals surface area contributed by atoms with Gasteiger partial charge in [-0.3, -0.25) is 4.57 Å². The number of aliphatic hydroxyl groups excluding tert-OH is 1. The number of nitrogens with two attached hydrogens (primary N) is 1. The molecule has 8 nitrogen and oxygen atoms in total. The van der Waals surface area contributed by atoms with Crippen LogP contribution in [0.3, 0.4) is 0 Å². The highest BCUT2D eigenvalue weighted by molar-refractivity contribution is 5.94. The third-order valence-corrected chi connectivity index (χ3v) is 2.65. The molecule has 0 spiro atoms. The number of anilines is 1. The number of aliphatic hydroxyl groups is 1. The van der Waals surface area contributed by atoms with Crippen LogP contribution in [0.15, 0.2) is 22.2 Å². The quantitative estimate of drug-likeness (QED) is 0.686. The van der Waals surface area contributed by atoms with Gasteiger partial charge in [0.15, 0.2) is 12.4 Å². The fraction of sp³-hybridized carbons (Fsp3) is 0.500. The smallest absolute Gasteiger partial charge is 0.351 e. The first-order valence-corrected chi connectivity index (χ1v) is 5.44. The molecule has 0 saturated carbocycles. The van der Waals surface area contributed by atoms with Gasteiger partial charge in [-0.15, -0.1) is 0 Å². The predicted octanol–water partition coefficient (Wildman–Crippen LogP) is -0.944. The number of rotatable bonds is 3. The minimum Gasteiger partial charge on any atom is -0.399 e. The number of ether oxygens (including phenoxy) is 1. The fourth-order valence-electron chi connectivity index (χ4n) is 1.81. The van der Waals surface area contributed by atoms with E-state index in [1.54, 1.807) is 0 Å². The summed E-state index contributed by atoms with van der Waals surface area (Å²) in [5.74, 6) is 0.0270. The molecule has 0 bridgehead atoms. The van der Waals surface area contributed by atoms with Crippen LogP contribution in [0.25, 0.3) is 0 Å². The number of oxime groups is 1. The number of alkyl halides is 1. The Balaban J connectivity index is 2.36. The lowest BCUT2D eigenvalue weighted by molar-refractivity contribution is -0.0364. The van der Waals surface area contributed by atoms with Crippen molar-refractivity contribution in [2.24, 2.45) is 5.16 Å². The summed E-state index contributed by atoms with van der Waals surface area (Å²) in [6.45, 7) is -0.476. The number of hydrogen-bond donors (Lipinski definition) is 2. The van der Waals surface area contributed by atoms with Crippen LogP contribution in [0.4, 0.5) is 10.2 Å². The van der Waals surface area contributed by atoms with Gasteiger partial charge in [-0.1, -0.05) is 5.16 Å². The summed E-state index contributed by atoms with van der Waals surface area (Å²) in [6.07, 6.45) is -2.68. The van der Waals surface area contributed by atoms with Crippen LogP contribution in [-0.4, -0.2) is 46.4 Å². The van der Waals surface area contributed by atoms with Crippen molar-refractivity contribution in [3.05, 3.63) is 22.7 Å². The molecule has 0 aliphatic carbocycles. The van der Waals surface area contributed by atoms with E-state index in [0.29, 0.717) is 0 Å². The van der Waals surface area contributed by atoms with Gasteiger partial charge in [0.2, 0.25) is 0 Å². The van der Waals surface area contributed by atoms with Gasteiger partial charge in [0.05, 0.1) is 6.61 Å². The largest absolute Gasteiger partial charge is 0.399 e. The van der Waals surface area contributed by atoms with Crippen molar-refractivity contribution in [1.82, 2.24) is 9.55 Å². The molecule has 1 aromatic heterocycles. The van der Waals surface area contributed by atoms with Crippen LogP contribution < -0.4 is 11.4 Å². The number of nitrogens with zero attached hydrogens (tertiary/aromatic N) is 3. The fourth-order valence-corrected chi connectivity index (χ4v) is 1.81. The zero-order valence-corrected chi connectivity index (χ0v) is 10.1. The van der Waals surface area contributed by atoms with Crippen molar-refractivity contribution < 1.29 is 19.1 Å². The van der Waals surface area contributed by atoms with E-state index in [-0.39, 0.29) is 11.5 Å². The molecular formula is C10H13FN4O4. The van der Waals surface area contributed by atoms with E-state index >= 15 is 0 Å². The Hall–Kier alpha value is -2.00. The van der Waals surface area contributed by atoms with Crippen LogP contribution in [0.1, 0.15) is 6.23 Å². The molecule has 104 valence electrons. The Morgan fingerprint density at radius 3 is 3.05 bits per heavy atom. The average Bonchev–Trinajstić information content (AvgIpc) is 2.68. The first-order chi connectivity index (χ1) is 9.08. The minimum atomic E-state index is -1.72. The van der Waals surface area contributed by atoms with E-state index in [1.807, 2.05) is 0 Å². The monoisotopic (exact) mass is 272 g/mol. The normalized spacial score (nSPS) is 28.8. The van der Waals surface area contributed by atoms with E-state index < -0.39 is 30.8 Å². The van der Waals surface area contributed by atoms with Crippen molar-refractivity contribution in [2.45, 2.75) is 18.5 Å². The van der Waals surface area contributed by atoms with Crippen molar-refractivity contribution in [3.8, 4) is 0 Å². The zero-order chi connectivity index (χ0) is 14.0. The highest BCUT2D eigenvalue weighted by atomic mass is 19.1. The number of halogens is 1. The maximum atomic E-state index is 14.2. The Bertz CT molecular complexity index is 547. The van der Waals surface area contributed by atoms with Crippen LogP contribution >= 0.6 is 0 Å². The van der Waals surface area contributed by atoms with Crippen LogP contribution in [-0.2, 0) is 9.57 Å². The van der Waals surface area contributed by atoms with E-state index in [9.17, 15) is 9.18 Å². The summed E-state index contributed by atoms with van der Waals surface area (Å²) in [6, 6.07) is 1.34. The maximum absolute atomic E-state index is 14.2. The van der Waals surface area contributed by atoms with Gasteiger partial charge in [-0.2, -0.15) is 4.98 Å². The van der Waals surface area contributed by atoms with E-state index in [0.717, 1.165) is 4.57 Å². The van der Waals surface area contributed by atoms with Gasteiger partial charge in [-0.05, 0) is 6.07 Å². The van der Waals surface area contributed by atoms with E-state index in [4.69, 9.17) is 15.6 Å². The molecule has 9 heteroatoms. The zero-order valence-electron chi connectivity index (χ0n) is 10.1. The summed E-state index contributed by atoms with van der Waals surface area (Å²) >= 11 is 0. The number of aromatic nitrogens is 2. The maximum Gasteiger partial charge on any atom is 0.351 e. The van der Waals surface area contributed by atoms with Gasteiger partial charge >= 0.3 is 5.69 Å². The standard InChI is InChI=1S/C10H13FN4O4/c1-18-14-8-5(4-16)19-9(7(8)11)15-3-2-6(12)13-10(15)17/h2-3,5,7,9,16H,4H2,1H3,(H2,12,13,17)/b14-8+/t5-,7-,9-/m1/s1. The first-order valence-electron chi connectivity index (χ1n) is 5.44. The van der Waals surface area contributed by atoms with Crippen molar-refractivity contribution in [1.29, 1.82) is 0 Å². The topological polar surface area (TPSA) is 112 Å². The Morgan fingerprint density at radius 2 is 2.47 bits per heavy atom. The molecule has 19 heavy (non-hydrogen) atoms. The number of nitrogen functional groups attached to an aromatic ring is 1. The molecule has 0 aromatic carbocycles. The van der Waals surface area contributed by atoms with Gasteiger partial charge in [0.25, 0.3) is 0 Å². The van der Waals surface area contributed by atoms with Gasteiger partial charge in [-0.25, -0.2) is 9.18 Å². The summed E-state index contributed by atoms with van der Waals surface area (Å²) < 4.78 is 20.4. The molecule has 1 fully saturated rings. The lowest BCUT2D eigenvalue weighted by Gasteiger charge is -2.14. The Labute approximate surface area is 107 Å². The lowest BCUT2D eigenvalue weighted by Crippen LogP contribution is -2.31. The predicted molar refractivity (Wildman–Crippen MR) is 63.2 cm³/mol. The average molecular weight is 272 g/mol. The number of hydrogen-bond acceptors (Lipinski definition) is 7. The SMILES string of the molecule is CO/N=C1/[C@@H](F)[C@H](n2ccc(N)nc2=O)O[C@@H]1CO. The van der Waals surface area contributed by atoms with Crippen LogP contribution in [0, 0.1) is 0 Å². The van der Waals surface area contributed by atoms with Crippen LogP contribution in [0.2, 0.25) is 0 Å². The van der Waals surface area contributed by atoms with Crippen molar-refractivity contribution in [3.63, 3.8) is 0 Å². The molecule has 0 radical (unpaired) electrons. The molecule has 1 aliphatic heterocycles. The molecule has 0 unspecified atom stereocenters. The second-order valence-corrected chi connectivity index (χ2v) is 3.84. The second-order valence-electron chi connectivity index (χ2n) is 3.84. The van der Waals surface area contributed by atoms with Crippen molar-refractivity contribution >= 4 is 11.5 Å². The summed E-state index contributed by atoms with van der Waals surface area (Å²) in [5.41, 5.74) is 4.49. The van der Waals surface area contributed by atoms with Crippen molar-refractivity contribution in [2.75, 3.05) is 19.5 Å². The first kappa shape index (κ1) is 13.4. The van der Waals surface area contributed by atoms with Crippen LogP contribution in [0.5, 0.6) is 0 Å². The lowest BCUT2D eigenvalue weighted by atomic mass is 10.2. The molecule has 3 atom stereocenters. The molecule has 2 heterocycles. The molecule has 0 amide bonds. The summed E-state index contributed by atoms with van der Waals surface area (Å²) in [7, 11) is 1.25. The Kier molecular flexibility index (Phi) is 3.76. The summed E-state index contributed by atoms with van der Waals surface area (Å²) in [4.78, 5) is 19.6. The Morgan fingerprint density at radius 1 is 1.74 bits per heavy atom. The minimum absolute atomic E-state index is 0.0270. The summed E-state index contributed by atoms with van der Waals surface area (Å²) in [5, 5.41) is 12.6. The molecule has 1 aromatic rings. The third-order valence-electron chi connectivity index (χ3n) is 2.65. The molecule has 3 N–H and O–H groups in total. The van der Waals surface area contributed by atoms with E-state index in [1.165, 1.54) is 19.4 Å². The third kappa shape index (κ3) is 2.42. The highest BCUT2D eigenvalue weighted by Crippen LogP contribution is 2.28. The highest BCUT2D eigenvalue weighted by Gasteiger charge is 2.44. The van der Waals surface area contributed by atoms with Gasteiger partial charge in [0, 0.05) is 6.20 Å². The molecule has 1 aliphatic rings. The van der Waals surface area contributed by atoms with Gasteiger partial charge < -0.3 is 20.4 Å². The second kappa shape index (κ2) is 5.33. The van der Waals surface area contributed by atoms with Gasteiger partial charge in [0.1, 0.15) is 24.7 Å². The molecule has 2 rings (SSSR count). The molecule has 1 saturated heterocycles.